The fraction of sp³-hybridized carbons (Fsp3) is 0. The average Bonchev–Trinajstić information content (AvgIpc) is 2.33. The number of pyridine rings is 1. The monoisotopic (exact) mass is 370 g/mol. The van der Waals surface area contributed by atoms with E-state index >= 15 is 0 Å². The number of aromatic nitrogens is 2. The molecule has 0 bridgehead atoms. The number of imidazole rings is 1. The van der Waals surface area contributed by atoms with Gasteiger partial charge in [0.05, 0.1) is 5.52 Å². The summed E-state index contributed by atoms with van der Waals surface area (Å²) < 4.78 is 4.32. The maximum atomic E-state index is 4.18. The third-order valence-corrected chi connectivity index (χ3v) is 2.96. The van der Waals surface area contributed by atoms with E-state index in [-0.39, 0.29) is 0 Å². The quantitative estimate of drug-likeness (QED) is 0.652. The molecule has 0 saturated heterocycles. The smallest absolute Gasteiger partial charge is 0.127 e. The highest BCUT2D eigenvalue weighted by atomic mass is 127. The fourth-order valence-corrected chi connectivity index (χ4v) is 1.95. The van der Waals surface area contributed by atoms with Crippen molar-refractivity contribution in [1.29, 1.82) is 0 Å². The number of fused-ring (bicyclic) bond motifs is 1. The third kappa shape index (κ3) is 1.37. The first-order valence-electron chi connectivity index (χ1n) is 3.05. The van der Waals surface area contributed by atoms with E-state index in [4.69, 9.17) is 0 Å². The molecule has 0 aliphatic carbocycles. The molecule has 0 unspecified atom stereocenters. The van der Waals surface area contributed by atoms with Crippen LogP contribution in [0.25, 0.3) is 5.52 Å². The molecular weight excluding hydrogens is 366 g/mol. The van der Waals surface area contributed by atoms with Crippen LogP contribution in [0.4, 0.5) is 0 Å². The summed E-state index contributed by atoms with van der Waals surface area (Å²) in [5, 5.41) is 0. The minimum absolute atomic E-state index is 1.06. The fourth-order valence-electron chi connectivity index (χ4n) is 0.931. The highest BCUT2D eigenvalue weighted by Gasteiger charge is 1.99. The van der Waals surface area contributed by atoms with Gasteiger partial charge < -0.3 is 4.40 Å². The second kappa shape index (κ2) is 2.89. The summed E-state index contributed by atoms with van der Waals surface area (Å²) in [6.07, 6.45) is 3.85. The number of rotatable bonds is 0. The van der Waals surface area contributed by atoms with Crippen molar-refractivity contribution < 1.29 is 0 Å². The molecule has 0 saturated carbocycles. The highest BCUT2D eigenvalue weighted by molar-refractivity contribution is 14.1. The Bertz CT molecular complexity index is 394. The topological polar surface area (TPSA) is 17.3 Å². The molecule has 4 heteroatoms. The van der Waals surface area contributed by atoms with E-state index < -0.39 is 0 Å². The van der Waals surface area contributed by atoms with Gasteiger partial charge in [0.1, 0.15) is 10.0 Å². The summed E-state index contributed by atoms with van der Waals surface area (Å²) in [4.78, 5) is 4.18. The summed E-state index contributed by atoms with van der Waals surface area (Å²) in [6.45, 7) is 0. The molecule has 2 aromatic rings. The number of hydrogen-bond acceptors (Lipinski definition) is 1. The van der Waals surface area contributed by atoms with Gasteiger partial charge in [-0.05, 0) is 57.3 Å². The van der Waals surface area contributed by atoms with Gasteiger partial charge in [0.2, 0.25) is 0 Å². The molecular formula is C7H4I2N2. The third-order valence-electron chi connectivity index (χ3n) is 1.45. The van der Waals surface area contributed by atoms with E-state index in [0.717, 1.165) is 3.70 Å². The van der Waals surface area contributed by atoms with Gasteiger partial charge in [-0.3, -0.25) is 0 Å². The number of nitrogens with zero attached hydrogens (tertiary/aromatic N) is 2. The Morgan fingerprint density at radius 2 is 2.18 bits per heavy atom. The summed E-state index contributed by atoms with van der Waals surface area (Å²) in [5.41, 5.74) is 1.18. The van der Waals surface area contributed by atoms with E-state index in [1.54, 1.807) is 0 Å². The molecule has 0 aromatic carbocycles. The Labute approximate surface area is 91.3 Å². The molecule has 2 nitrogen and oxygen atoms in total. The molecule has 2 heterocycles. The average molecular weight is 370 g/mol. The second-order valence-electron chi connectivity index (χ2n) is 2.17. The van der Waals surface area contributed by atoms with Gasteiger partial charge in [-0.2, -0.15) is 0 Å². The van der Waals surface area contributed by atoms with Crippen molar-refractivity contribution in [2.24, 2.45) is 0 Å². The lowest BCUT2D eigenvalue weighted by Crippen LogP contribution is -1.81. The Kier molecular flexibility index (Phi) is 2.04. The second-order valence-corrected chi connectivity index (χ2v) is 4.44. The van der Waals surface area contributed by atoms with Gasteiger partial charge in [0.25, 0.3) is 0 Å². The molecule has 0 aliphatic rings. The molecule has 0 atom stereocenters. The summed E-state index contributed by atoms with van der Waals surface area (Å²) in [5.74, 6) is 0. The lowest BCUT2D eigenvalue weighted by atomic mass is 10.4. The van der Waals surface area contributed by atoms with Crippen LogP contribution in [0.15, 0.2) is 24.7 Å². The molecule has 0 N–H and O–H groups in total. The van der Waals surface area contributed by atoms with E-state index in [1.807, 2.05) is 16.9 Å². The first-order chi connectivity index (χ1) is 5.27. The molecule has 56 valence electrons. The van der Waals surface area contributed by atoms with Crippen LogP contribution >= 0.6 is 45.2 Å². The molecule has 0 fully saturated rings. The lowest BCUT2D eigenvalue weighted by Gasteiger charge is -1.93. The zero-order valence-electron chi connectivity index (χ0n) is 5.46. The maximum absolute atomic E-state index is 4.18. The first-order valence-corrected chi connectivity index (χ1v) is 5.21. The van der Waals surface area contributed by atoms with E-state index in [2.05, 4.69) is 62.3 Å². The lowest BCUT2D eigenvalue weighted by molar-refractivity contribution is 1.15. The Morgan fingerprint density at radius 1 is 1.36 bits per heavy atom. The molecule has 0 radical (unpaired) electrons. The van der Waals surface area contributed by atoms with Crippen LogP contribution in [0.1, 0.15) is 0 Å². The molecule has 11 heavy (non-hydrogen) atoms. The van der Waals surface area contributed by atoms with Gasteiger partial charge in [-0.15, -0.1) is 0 Å². The van der Waals surface area contributed by atoms with Crippen molar-refractivity contribution in [2.75, 3.05) is 0 Å². The zero-order chi connectivity index (χ0) is 7.84. The van der Waals surface area contributed by atoms with E-state index in [1.165, 1.54) is 9.09 Å². The summed E-state index contributed by atoms with van der Waals surface area (Å²) in [7, 11) is 0. The highest BCUT2D eigenvalue weighted by Crippen LogP contribution is 2.14. The van der Waals surface area contributed by atoms with E-state index in [9.17, 15) is 0 Å². The standard InChI is InChI=1S/C7H4I2N2/c8-5-1-2-11-4-10-7(9)6(11)3-5/h1-4H. The largest absolute Gasteiger partial charge is 0.305 e. The molecule has 0 spiro atoms. The van der Waals surface area contributed by atoms with Crippen LogP contribution in [-0.4, -0.2) is 9.38 Å². The Balaban J connectivity index is 2.87. The van der Waals surface area contributed by atoms with Crippen molar-refractivity contribution in [2.45, 2.75) is 0 Å². The number of halogens is 2. The van der Waals surface area contributed by atoms with Crippen LogP contribution in [0.5, 0.6) is 0 Å². The van der Waals surface area contributed by atoms with Crippen LogP contribution < -0.4 is 0 Å². The van der Waals surface area contributed by atoms with Gasteiger partial charge >= 0.3 is 0 Å². The first kappa shape index (κ1) is 7.78. The Morgan fingerprint density at radius 3 is 3.00 bits per heavy atom. The van der Waals surface area contributed by atoms with Gasteiger partial charge in [-0.1, -0.05) is 0 Å². The van der Waals surface area contributed by atoms with Crippen LogP contribution in [0, 0.1) is 7.27 Å². The molecule has 2 rings (SSSR count). The minimum atomic E-state index is 1.06. The van der Waals surface area contributed by atoms with Crippen molar-refractivity contribution in [3.05, 3.63) is 31.9 Å². The van der Waals surface area contributed by atoms with Crippen molar-refractivity contribution >= 4 is 50.7 Å². The summed E-state index contributed by atoms with van der Waals surface area (Å²) >= 11 is 4.53. The zero-order valence-corrected chi connectivity index (χ0v) is 9.77. The van der Waals surface area contributed by atoms with Gasteiger partial charge in [0.15, 0.2) is 0 Å². The normalized spacial score (nSPS) is 10.7. The van der Waals surface area contributed by atoms with Crippen LogP contribution in [0.2, 0.25) is 0 Å². The molecule has 0 aliphatic heterocycles. The van der Waals surface area contributed by atoms with Crippen LogP contribution in [0.3, 0.4) is 0 Å². The Hall–Kier alpha value is 0.150. The van der Waals surface area contributed by atoms with Crippen molar-refractivity contribution in [3.63, 3.8) is 0 Å². The van der Waals surface area contributed by atoms with Crippen LogP contribution in [-0.2, 0) is 0 Å². The predicted octanol–water partition coefficient (Wildman–Crippen LogP) is 2.54. The number of hydrogen-bond donors (Lipinski definition) is 0. The minimum Gasteiger partial charge on any atom is -0.305 e. The SMILES string of the molecule is Ic1ccn2cnc(I)c2c1. The predicted molar refractivity (Wildman–Crippen MR) is 60.6 cm³/mol. The summed E-state index contributed by atoms with van der Waals surface area (Å²) in [6, 6.07) is 4.18. The molecule has 2 aromatic heterocycles. The maximum Gasteiger partial charge on any atom is 0.127 e. The van der Waals surface area contributed by atoms with Crippen molar-refractivity contribution in [3.8, 4) is 0 Å². The van der Waals surface area contributed by atoms with Gasteiger partial charge in [0, 0.05) is 9.77 Å². The van der Waals surface area contributed by atoms with Crippen molar-refractivity contribution in [1.82, 2.24) is 9.38 Å². The van der Waals surface area contributed by atoms with E-state index in [0.29, 0.717) is 0 Å². The molecule has 0 amide bonds. The van der Waals surface area contributed by atoms with Gasteiger partial charge in [-0.25, -0.2) is 4.98 Å².